The molecule has 0 saturated carbocycles. The number of ether oxygens (including phenoxy) is 3. The summed E-state index contributed by atoms with van der Waals surface area (Å²) in [5.41, 5.74) is 5.86. The minimum Gasteiger partial charge on any atom is -0.431 e. The van der Waals surface area contributed by atoms with Crippen LogP contribution in [-0.4, -0.2) is 62.0 Å². The Balaban J connectivity index is 1.51. The standard InChI is InChI=1S/C16H18N4O7/c17-13(23)14-18-8-20(19-14)15-12(22)11(21)10(27-15)7-26-16(24)25-6-9-4-2-1-3-5-9/h1-5,8,10-12,15,21-22H,6-7H2,(H2,17,23)/t10?,11-,12?,15?/m1/s1. The highest BCUT2D eigenvalue weighted by atomic mass is 16.7. The molecule has 2 aromatic rings. The van der Waals surface area contributed by atoms with Crippen LogP contribution in [0.3, 0.4) is 0 Å². The van der Waals surface area contributed by atoms with Gasteiger partial charge in [0.25, 0.3) is 5.91 Å². The molecule has 3 rings (SSSR count). The maximum absolute atomic E-state index is 11.7. The number of carbonyl (C=O) groups excluding carboxylic acids is 2. The summed E-state index contributed by atoms with van der Waals surface area (Å²) in [5, 5.41) is 23.9. The molecule has 0 bridgehead atoms. The van der Waals surface area contributed by atoms with E-state index in [4.69, 9.17) is 19.9 Å². The lowest BCUT2D eigenvalue weighted by Gasteiger charge is -2.14. The molecule has 1 aromatic heterocycles. The van der Waals surface area contributed by atoms with E-state index in [1.165, 1.54) is 0 Å². The van der Waals surface area contributed by atoms with Crippen molar-refractivity contribution in [3.63, 3.8) is 0 Å². The number of nitrogens with two attached hydrogens (primary N) is 1. The predicted octanol–water partition coefficient (Wildman–Crippen LogP) is -0.650. The summed E-state index contributed by atoms with van der Waals surface area (Å²) in [5.74, 6) is -1.10. The SMILES string of the molecule is NC(=O)c1ncn(C2OC(COC(=O)OCc3ccccc3)[C@@H](O)C2O)n1. The highest BCUT2D eigenvalue weighted by Crippen LogP contribution is 2.29. The normalized spacial score (nSPS) is 24.5. The molecule has 1 aliphatic heterocycles. The average molecular weight is 378 g/mol. The van der Waals surface area contributed by atoms with Gasteiger partial charge in [0.05, 0.1) is 0 Å². The molecule has 4 N–H and O–H groups in total. The van der Waals surface area contributed by atoms with E-state index in [2.05, 4.69) is 10.1 Å². The molecule has 11 heteroatoms. The third-order valence-corrected chi connectivity index (χ3v) is 3.89. The Kier molecular flexibility index (Phi) is 5.64. The highest BCUT2D eigenvalue weighted by Gasteiger charge is 2.45. The average Bonchev–Trinajstić information content (AvgIpc) is 3.26. The van der Waals surface area contributed by atoms with E-state index in [-0.39, 0.29) is 19.0 Å². The second-order valence-corrected chi connectivity index (χ2v) is 5.79. The Hall–Kier alpha value is -3.02. The van der Waals surface area contributed by atoms with Crippen LogP contribution >= 0.6 is 0 Å². The summed E-state index contributed by atoms with van der Waals surface area (Å²) >= 11 is 0. The van der Waals surface area contributed by atoms with E-state index < -0.39 is 36.6 Å². The van der Waals surface area contributed by atoms with Crippen LogP contribution in [-0.2, 0) is 20.8 Å². The molecule has 1 aromatic carbocycles. The first-order chi connectivity index (χ1) is 13.0. The van der Waals surface area contributed by atoms with Crippen LogP contribution in [0.1, 0.15) is 22.4 Å². The fourth-order valence-electron chi connectivity index (χ4n) is 2.50. The molecule has 27 heavy (non-hydrogen) atoms. The van der Waals surface area contributed by atoms with Gasteiger partial charge in [0.15, 0.2) is 6.23 Å². The smallest absolute Gasteiger partial charge is 0.431 e. The van der Waals surface area contributed by atoms with Gasteiger partial charge < -0.3 is 30.2 Å². The molecule has 3 unspecified atom stereocenters. The second kappa shape index (κ2) is 8.12. The van der Waals surface area contributed by atoms with Crippen LogP contribution in [0.25, 0.3) is 0 Å². The number of primary amides is 1. The van der Waals surface area contributed by atoms with Crippen molar-refractivity contribution in [1.29, 1.82) is 0 Å². The molecule has 1 aliphatic rings. The molecular weight excluding hydrogens is 360 g/mol. The van der Waals surface area contributed by atoms with Gasteiger partial charge >= 0.3 is 6.16 Å². The first kappa shape index (κ1) is 18.8. The fraction of sp³-hybridized carbons (Fsp3) is 0.375. The number of amides is 1. The summed E-state index contributed by atoms with van der Waals surface area (Å²) in [6.07, 6.45) is -4.66. The lowest BCUT2D eigenvalue weighted by atomic mass is 10.1. The number of hydrogen-bond acceptors (Lipinski definition) is 9. The first-order valence-corrected chi connectivity index (χ1v) is 8.01. The second-order valence-electron chi connectivity index (χ2n) is 5.79. The van der Waals surface area contributed by atoms with Gasteiger partial charge in [-0.15, -0.1) is 5.10 Å². The maximum atomic E-state index is 11.7. The number of nitrogens with zero attached hydrogens (tertiary/aromatic N) is 3. The molecule has 2 heterocycles. The molecule has 1 amide bonds. The lowest BCUT2D eigenvalue weighted by molar-refractivity contribution is -0.0678. The maximum Gasteiger partial charge on any atom is 0.508 e. The quantitative estimate of drug-likeness (QED) is 0.555. The summed E-state index contributed by atoms with van der Waals surface area (Å²) in [6, 6.07) is 9.03. The van der Waals surface area contributed by atoms with Gasteiger partial charge in [0.1, 0.15) is 37.9 Å². The van der Waals surface area contributed by atoms with Crippen molar-refractivity contribution in [3.8, 4) is 0 Å². The monoisotopic (exact) mass is 378 g/mol. The number of carbonyl (C=O) groups is 2. The molecule has 0 radical (unpaired) electrons. The van der Waals surface area contributed by atoms with E-state index in [0.29, 0.717) is 0 Å². The largest absolute Gasteiger partial charge is 0.508 e. The molecule has 11 nitrogen and oxygen atoms in total. The summed E-state index contributed by atoms with van der Waals surface area (Å²) < 4.78 is 16.4. The predicted molar refractivity (Wildman–Crippen MR) is 87.0 cm³/mol. The van der Waals surface area contributed by atoms with Gasteiger partial charge in [-0.25, -0.2) is 14.5 Å². The van der Waals surface area contributed by atoms with Gasteiger partial charge in [0.2, 0.25) is 5.82 Å². The van der Waals surface area contributed by atoms with Crippen molar-refractivity contribution >= 4 is 12.1 Å². The van der Waals surface area contributed by atoms with Crippen LogP contribution in [0.2, 0.25) is 0 Å². The van der Waals surface area contributed by atoms with Gasteiger partial charge in [-0.05, 0) is 5.56 Å². The van der Waals surface area contributed by atoms with Gasteiger partial charge in [0, 0.05) is 0 Å². The molecule has 1 saturated heterocycles. The topological polar surface area (TPSA) is 159 Å². The minimum absolute atomic E-state index is 0.0356. The Morgan fingerprint density at radius 1 is 1.19 bits per heavy atom. The van der Waals surface area contributed by atoms with Crippen molar-refractivity contribution < 1.29 is 34.0 Å². The molecular formula is C16H18N4O7. The van der Waals surface area contributed by atoms with Gasteiger partial charge in [-0.2, -0.15) is 0 Å². The van der Waals surface area contributed by atoms with Gasteiger partial charge in [-0.1, -0.05) is 30.3 Å². The number of aromatic nitrogens is 3. The molecule has 1 fully saturated rings. The van der Waals surface area contributed by atoms with E-state index in [1.807, 2.05) is 18.2 Å². The van der Waals surface area contributed by atoms with Crippen LogP contribution in [0.5, 0.6) is 0 Å². The van der Waals surface area contributed by atoms with Gasteiger partial charge in [-0.3, -0.25) is 4.79 Å². The third kappa shape index (κ3) is 4.39. The zero-order valence-corrected chi connectivity index (χ0v) is 14.0. The Bertz CT molecular complexity index is 797. The molecule has 144 valence electrons. The van der Waals surface area contributed by atoms with E-state index >= 15 is 0 Å². The van der Waals surface area contributed by atoms with Crippen molar-refractivity contribution in [2.75, 3.05) is 6.61 Å². The zero-order chi connectivity index (χ0) is 19.4. The van der Waals surface area contributed by atoms with Crippen LogP contribution < -0.4 is 5.73 Å². The van der Waals surface area contributed by atoms with Crippen LogP contribution in [0.15, 0.2) is 36.7 Å². The Morgan fingerprint density at radius 3 is 2.59 bits per heavy atom. The van der Waals surface area contributed by atoms with E-state index in [0.717, 1.165) is 16.6 Å². The summed E-state index contributed by atoms with van der Waals surface area (Å²) in [6.45, 7) is -0.312. The van der Waals surface area contributed by atoms with E-state index in [9.17, 15) is 19.8 Å². The number of benzene rings is 1. The molecule has 4 atom stereocenters. The third-order valence-electron chi connectivity index (χ3n) is 3.89. The van der Waals surface area contributed by atoms with Crippen molar-refractivity contribution in [1.82, 2.24) is 14.8 Å². The van der Waals surface area contributed by atoms with E-state index in [1.54, 1.807) is 12.1 Å². The number of aliphatic hydroxyl groups excluding tert-OH is 2. The summed E-state index contributed by atoms with van der Waals surface area (Å²) in [7, 11) is 0. The van der Waals surface area contributed by atoms with Crippen molar-refractivity contribution in [2.24, 2.45) is 5.73 Å². The number of hydrogen-bond donors (Lipinski definition) is 3. The Morgan fingerprint density at radius 2 is 1.93 bits per heavy atom. The Labute approximate surface area is 153 Å². The fourth-order valence-corrected chi connectivity index (χ4v) is 2.50. The molecule has 0 spiro atoms. The lowest BCUT2D eigenvalue weighted by Crippen LogP contribution is -2.34. The van der Waals surface area contributed by atoms with Crippen LogP contribution in [0, 0.1) is 0 Å². The minimum atomic E-state index is -1.37. The summed E-state index contributed by atoms with van der Waals surface area (Å²) in [4.78, 5) is 26.4. The molecule has 0 aliphatic carbocycles. The number of rotatable bonds is 6. The van der Waals surface area contributed by atoms with Crippen molar-refractivity contribution in [2.45, 2.75) is 31.1 Å². The first-order valence-electron chi connectivity index (χ1n) is 8.01. The number of aliphatic hydroxyl groups is 2. The zero-order valence-electron chi connectivity index (χ0n) is 14.0. The van der Waals surface area contributed by atoms with Crippen molar-refractivity contribution in [3.05, 3.63) is 48.0 Å². The van der Waals surface area contributed by atoms with Crippen LogP contribution in [0.4, 0.5) is 4.79 Å². The highest BCUT2D eigenvalue weighted by molar-refractivity contribution is 5.88.